The Balaban J connectivity index is 2.76. The van der Waals surface area contributed by atoms with Gasteiger partial charge in [-0.15, -0.1) is 0 Å². The summed E-state index contributed by atoms with van der Waals surface area (Å²) in [5, 5.41) is 0. The lowest BCUT2D eigenvalue weighted by Gasteiger charge is -2.17. The average molecular weight is 192 g/mol. The van der Waals surface area contributed by atoms with E-state index in [0.29, 0.717) is 6.10 Å². The van der Waals surface area contributed by atoms with Gasteiger partial charge >= 0.3 is 0 Å². The highest BCUT2D eigenvalue weighted by molar-refractivity contribution is 5.35. The number of hydrogen-bond acceptors (Lipinski definition) is 1. The Morgan fingerprint density at radius 3 is 2.29 bits per heavy atom. The molecule has 1 heteroatoms. The van der Waals surface area contributed by atoms with Crippen molar-refractivity contribution in [3.63, 3.8) is 0 Å². The van der Waals surface area contributed by atoms with Gasteiger partial charge in [0.15, 0.2) is 0 Å². The Labute approximate surface area is 87.1 Å². The van der Waals surface area contributed by atoms with Gasteiger partial charge in [-0.05, 0) is 38.3 Å². The summed E-state index contributed by atoms with van der Waals surface area (Å²) in [7, 11) is 0. The highest BCUT2D eigenvalue weighted by Gasteiger charge is 2.06. The van der Waals surface area contributed by atoms with Crippen molar-refractivity contribution in [1.82, 2.24) is 0 Å². The first-order valence-electron chi connectivity index (χ1n) is 5.41. The molecule has 1 aromatic carbocycles. The fourth-order valence-corrected chi connectivity index (χ4v) is 1.57. The Hall–Kier alpha value is -0.980. The van der Waals surface area contributed by atoms with Crippen molar-refractivity contribution >= 4 is 0 Å². The second kappa shape index (κ2) is 5.04. The van der Waals surface area contributed by atoms with Crippen LogP contribution in [0.1, 0.15) is 37.8 Å². The Bertz CT molecular complexity index is 287. The van der Waals surface area contributed by atoms with Gasteiger partial charge in [-0.2, -0.15) is 0 Å². The predicted molar refractivity (Wildman–Crippen MR) is 60.9 cm³/mol. The van der Waals surface area contributed by atoms with Crippen LogP contribution < -0.4 is 4.74 Å². The molecule has 0 saturated heterocycles. The van der Waals surface area contributed by atoms with Crippen molar-refractivity contribution in [2.75, 3.05) is 0 Å². The van der Waals surface area contributed by atoms with Gasteiger partial charge < -0.3 is 4.74 Å². The van der Waals surface area contributed by atoms with Crippen molar-refractivity contribution in [2.45, 2.75) is 46.6 Å². The number of hydrogen-bond donors (Lipinski definition) is 0. The minimum atomic E-state index is 0.358. The largest absolute Gasteiger partial charge is 0.490 e. The third-order valence-corrected chi connectivity index (χ3v) is 2.53. The summed E-state index contributed by atoms with van der Waals surface area (Å²) in [6.07, 6.45) is 2.50. The lowest BCUT2D eigenvalue weighted by atomic mass is 10.1. The lowest BCUT2D eigenvalue weighted by Crippen LogP contribution is -2.14. The molecule has 1 nitrogen and oxygen atoms in total. The zero-order valence-electron chi connectivity index (χ0n) is 9.63. The van der Waals surface area contributed by atoms with Gasteiger partial charge in [-0.1, -0.05) is 31.5 Å². The van der Waals surface area contributed by atoms with Crippen LogP contribution >= 0.6 is 0 Å². The standard InChI is InChI=1S/C13H20O/c1-5-12(6-2)14-13-8-7-10(3)9-11(13)4/h7-9,12H,5-6H2,1-4H3. The second-order valence-electron chi connectivity index (χ2n) is 3.83. The topological polar surface area (TPSA) is 9.23 Å². The molecule has 0 atom stereocenters. The van der Waals surface area contributed by atoms with Crippen LogP contribution in [0.3, 0.4) is 0 Å². The Morgan fingerprint density at radius 2 is 1.79 bits per heavy atom. The first kappa shape index (κ1) is 11.1. The molecule has 0 aromatic heterocycles. The first-order valence-corrected chi connectivity index (χ1v) is 5.41. The Morgan fingerprint density at radius 1 is 1.14 bits per heavy atom. The van der Waals surface area contributed by atoms with E-state index in [-0.39, 0.29) is 0 Å². The van der Waals surface area contributed by atoms with E-state index in [9.17, 15) is 0 Å². The highest BCUT2D eigenvalue weighted by atomic mass is 16.5. The molecule has 0 aliphatic carbocycles. The molecule has 0 radical (unpaired) electrons. The van der Waals surface area contributed by atoms with Crippen LogP contribution in [0.5, 0.6) is 5.75 Å². The monoisotopic (exact) mass is 192 g/mol. The van der Waals surface area contributed by atoms with E-state index in [4.69, 9.17) is 4.74 Å². The van der Waals surface area contributed by atoms with Crippen molar-refractivity contribution < 1.29 is 4.74 Å². The SMILES string of the molecule is CCC(CC)Oc1ccc(C)cc1C. The van der Waals surface area contributed by atoms with Crippen LogP contribution in [0.25, 0.3) is 0 Å². The van der Waals surface area contributed by atoms with Crippen LogP contribution in [0.15, 0.2) is 18.2 Å². The molecule has 0 aliphatic rings. The number of rotatable bonds is 4. The maximum Gasteiger partial charge on any atom is 0.122 e. The molecule has 14 heavy (non-hydrogen) atoms. The molecule has 0 amide bonds. The van der Waals surface area contributed by atoms with Crippen molar-refractivity contribution in [3.05, 3.63) is 29.3 Å². The zero-order valence-corrected chi connectivity index (χ0v) is 9.63. The zero-order chi connectivity index (χ0) is 10.6. The highest BCUT2D eigenvalue weighted by Crippen LogP contribution is 2.21. The molecule has 78 valence electrons. The van der Waals surface area contributed by atoms with E-state index in [1.165, 1.54) is 11.1 Å². The van der Waals surface area contributed by atoms with Crippen molar-refractivity contribution in [1.29, 1.82) is 0 Å². The minimum absolute atomic E-state index is 0.358. The van der Waals surface area contributed by atoms with Crippen LogP contribution in [0, 0.1) is 13.8 Å². The summed E-state index contributed by atoms with van der Waals surface area (Å²) in [4.78, 5) is 0. The third kappa shape index (κ3) is 2.76. The van der Waals surface area contributed by atoms with Gasteiger partial charge in [0.25, 0.3) is 0 Å². The predicted octanol–water partition coefficient (Wildman–Crippen LogP) is 3.87. The molecule has 0 saturated carbocycles. The van der Waals surface area contributed by atoms with E-state index in [1.54, 1.807) is 0 Å². The first-order chi connectivity index (χ1) is 6.67. The quantitative estimate of drug-likeness (QED) is 0.703. The number of aryl methyl sites for hydroxylation is 2. The molecule has 0 fully saturated rings. The summed E-state index contributed by atoms with van der Waals surface area (Å²) >= 11 is 0. The van der Waals surface area contributed by atoms with Crippen LogP contribution in [0.4, 0.5) is 0 Å². The molecule has 0 spiro atoms. The maximum atomic E-state index is 5.90. The van der Waals surface area contributed by atoms with Gasteiger partial charge in [0, 0.05) is 0 Å². The molecule has 0 aliphatic heterocycles. The fourth-order valence-electron chi connectivity index (χ4n) is 1.57. The van der Waals surface area contributed by atoms with E-state index in [2.05, 4.69) is 45.9 Å². The lowest BCUT2D eigenvalue weighted by molar-refractivity contribution is 0.191. The molecule has 0 heterocycles. The molecule has 1 aromatic rings. The van der Waals surface area contributed by atoms with Crippen molar-refractivity contribution in [3.8, 4) is 5.75 Å². The summed E-state index contributed by atoms with van der Waals surface area (Å²) in [6, 6.07) is 6.34. The average Bonchev–Trinajstić information content (AvgIpc) is 2.17. The second-order valence-corrected chi connectivity index (χ2v) is 3.83. The maximum absolute atomic E-state index is 5.90. The number of benzene rings is 1. The van der Waals surface area contributed by atoms with Gasteiger partial charge in [0.05, 0.1) is 6.10 Å². The smallest absolute Gasteiger partial charge is 0.122 e. The van der Waals surface area contributed by atoms with E-state index in [1.807, 2.05) is 0 Å². The normalized spacial score (nSPS) is 10.6. The molecular formula is C13H20O. The van der Waals surface area contributed by atoms with Crippen LogP contribution in [0.2, 0.25) is 0 Å². The van der Waals surface area contributed by atoms with Gasteiger partial charge in [-0.3, -0.25) is 0 Å². The van der Waals surface area contributed by atoms with E-state index < -0.39 is 0 Å². The summed E-state index contributed by atoms with van der Waals surface area (Å²) in [5.74, 6) is 1.03. The third-order valence-electron chi connectivity index (χ3n) is 2.53. The van der Waals surface area contributed by atoms with Crippen LogP contribution in [-0.4, -0.2) is 6.10 Å². The molecular weight excluding hydrogens is 172 g/mol. The molecule has 0 unspecified atom stereocenters. The van der Waals surface area contributed by atoms with E-state index >= 15 is 0 Å². The van der Waals surface area contributed by atoms with Gasteiger partial charge in [-0.25, -0.2) is 0 Å². The molecule has 1 rings (SSSR count). The minimum Gasteiger partial charge on any atom is -0.490 e. The summed E-state index contributed by atoms with van der Waals surface area (Å²) in [5.41, 5.74) is 2.52. The fraction of sp³-hybridized carbons (Fsp3) is 0.538. The van der Waals surface area contributed by atoms with Gasteiger partial charge in [0.1, 0.15) is 5.75 Å². The van der Waals surface area contributed by atoms with Crippen molar-refractivity contribution in [2.24, 2.45) is 0 Å². The summed E-state index contributed by atoms with van der Waals surface area (Å²) in [6.45, 7) is 8.54. The van der Waals surface area contributed by atoms with Gasteiger partial charge in [0.2, 0.25) is 0 Å². The molecule has 0 bridgehead atoms. The Kier molecular flexibility index (Phi) is 3.99. The van der Waals surface area contributed by atoms with E-state index in [0.717, 1.165) is 18.6 Å². The number of ether oxygens (including phenoxy) is 1. The summed E-state index contributed by atoms with van der Waals surface area (Å²) < 4.78 is 5.90. The van der Waals surface area contributed by atoms with Crippen LogP contribution in [-0.2, 0) is 0 Å². The molecule has 0 N–H and O–H groups in total.